The molecular weight excluding hydrogens is 779 g/mol. The Kier molecular flexibility index (Phi) is 14.6. The van der Waals surface area contributed by atoms with Gasteiger partial charge in [0, 0.05) is 32.0 Å². The first-order valence-electron chi connectivity index (χ1n) is 15.5. The topological polar surface area (TPSA) is 15.7 Å². The van der Waals surface area contributed by atoms with Gasteiger partial charge in [0.1, 0.15) is 5.75 Å². The number of rotatable bonds is 7. The van der Waals surface area contributed by atoms with E-state index in [0.29, 0.717) is 10.6 Å². The predicted molar refractivity (Wildman–Crippen MR) is 183 cm³/mol. The number of fused-ring (bicyclic) bond motifs is 1. The SMILES string of the molecule is CN(C)c1ccccc1P(C1CCCCC1)C1CCCCC1.COc1ccc(N2CCc3cc[c-]cc32)cc1SF.[Cl][Au]. The van der Waals surface area contributed by atoms with Crippen LogP contribution in [-0.2, 0) is 26.4 Å². The van der Waals surface area contributed by atoms with Crippen molar-refractivity contribution in [3.05, 3.63) is 72.3 Å². The Morgan fingerprint density at radius 2 is 1.60 bits per heavy atom. The van der Waals surface area contributed by atoms with E-state index in [2.05, 4.69) is 69.5 Å². The van der Waals surface area contributed by atoms with E-state index in [1.807, 2.05) is 30.3 Å². The van der Waals surface area contributed by atoms with Crippen molar-refractivity contribution >= 4 is 51.6 Å². The Balaban J connectivity index is 0.000000188. The average molecular weight is 824 g/mol. The normalized spacial score (nSPS) is 17.0. The Hall–Kier alpha value is -1.20. The standard InChI is InChI=1S/C20H32NP.C15H13FNOS.Au.ClH/c1-21(2)19-15-9-10-16-20(19)22(17-11-5-3-6-12-17)18-13-7-4-8-14-18;1-18-14-7-6-12(10-15(14)19-16)17-9-8-11-4-2-3-5-13(11)17;;/h9-10,15-18H,3-8,11-14H2,1-2H3;2,4-7,10H,8-9H2,1H3;;1H/q;-1;+1;/p-1. The third-order valence-corrected chi connectivity index (χ3v) is 13.0. The summed E-state index contributed by atoms with van der Waals surface area (Å²) in [5.74, 6) is 0.565. The zero-order valence-electron chi connectivity index (χ0n) is 25.6. The third kappa shape index (κ3) is 8.96. The monoisotopic (exact) mass is 823 g/mol. The first-order valence-corrected chi connectivity index (χ1v) is 20.4. The second kappa shape index (κ2) is 18.1. The Labute approximate surface area is 281 Å². The van der Waals surface area contributed by atoms with E-state index in [4.69, 9.17) is 4.74 Å². The molecule has 3 aromatic rings. The Bertz CT molecular complexity index is 1250. The minimum absolute atomic E-state index is 0.0130. The van der Waals surface area contributed by atoms with Crippen molar-refractivity contribution in [3.8, 4) is 5.75 Å². The van der Waals surface area contributed by atoms with Crippen LogP contribution in [-0.4, -0.2) is 39.1 Å². The summed E-state index contributed by atoms with van der Waals surface area (Å²) in [6, 6.07) is 24.0. The van der Waals surface area contributed by atoms with Gasteiger partial charge >= 0.3 is 29.2 Å². The molecule has 6 rings (SSSR count). The molecule has 2 fully saturated rings. The van der Waals surface area contributed by atoms with Crippen molar-refractivity contribution in [1.82, 2.24) is 0 Å². The first-order chi connectivity index (χ1) is 21.1. The van der Waals surface area contributed by atoms with Gasteiger partial charge in [-0.3, -0.25) is 0 Å². The van der Waals surface area contributed by atoms with Gasteiger partial charge in [-0.25, -0.2) is 0 Å². The van der Waals surface area contributed by atoms with Crippen LogP contribution in [0.1, 0.15) is 69.8 Å². The molecule has 0 radical (unpaired) electrons. The van der Waals surface area contributed by atoms with Crippen LogP contribution >= 0.6 is 29.3 Å². The van der Waals surface area contributed by atoms with E-state index in [-0.39, 0.29) is 20.1 Å². The molecule has 0 atom stereocenters. The molecular formula is C35H45AuClFN2OPS-. The molecule has 2 saturated carbocycles. The summed E-state index contributed by atoms with van der Waals surface area (Å²) >= 11 is 1.96. The van der Waals surface area contributed by atoms with E-state index in [9.17, 15) is 3.89 Å². The zero-order chi connectivity index (χ0) is 30.6. The molecule has 0 spiro atoms. The number of ether oxygens (including phenoxy) is 1. The Morgan fingerprint density at radius 1 is 0.953 bits per heavy atom. The molecule has 0 amide bonds. The van der Waals surface area contributed by atoms with Crippen LogP contribution < -0.4 is 19.8 Å². The number of benzene rings is 3. The summed E-state index contributed by atoms with van der Waals surface area (Å²) in [6.07, 6.45) is 15.8. The van der Waals surface area contributed by atoms with Crippen LogP contribution in [0.15, 0.2) is 65.6 Å². The fourth-order valence-electron chi connectivity index (χ4n) is 6.90. The molecule has 3 aliphatic rings. The summed E-state index contributed by atoms with van der Waals surface area (Å²) in [5.41, 5.74) is 6.93. The fourth-order valence-corrected chi connectivity index (χ4v) is 11.3. The minimum atomic E-state index is 0.0130. The van der Waals surface area contributed by atoms with E-state index < -0.39 is 0 Å². The van der Waals surface area contributed by atoms with E-state index >= 15 is 0 Å². The number of hydrogen-bond donors (Lipinski definition) is 0. The molecule has 1 aliphatic heterocycles. The van der Waals surface area contributed by atoms with Crippen LogP contribution in [0.2, 0.25) is 0 Å². The molecule has 3 aromatic carbocycles. The van der Waals surface area contributed by atoms with Gasteiger partial charge < -0.3 is 14.5 Å². The van der Waals surface area contributed by atoms with E-state index in [1.165, 1.54) is 75.5 Å². The molecule has 8 heteroatoms. The molecule has 0 N–H and O–H groups in total. The third-order valence-electron chi connectivity index (χ3n) is 8.95. The quantitative estimate of drug-likeness (QED) is 0.134. The molecule has 0 aromatic heterocycles. The van der Waals surface area contributed by atoms with E-state index in [0.717, 1.165) is 35.7 Å². The summed E-state index contributed by atoms with van der Waals surface area (Å²) in [6.45, 7) is 0.913. The number of anilines is 3. The number of hydrogen-bond acceptors (Lipinski definition) is 4. The summed E-state index contributed by atoms with van der Waals surface area (Å²) in [5, 5.41) is 1.71. The van der Waals surface area contributed by atoms with Crippen LogP contribution in [0.25, 0.3) is 0 Å². The second-order valence-electron chi connectivity index (χ2n) is 11.7. The molecule has 2 aliphatic carbocycles. The van der Waals surface area contributed by atoms with E-state index in [1.54, 1.807) is 32.4 Å². The first kappa shape index (κ1) is 34.7. The van der Waals surface area contributed by atoms with Gasteiger partial charge in [0.2, 0.25) is 0 Å². The zero-order valence-corrected chi connectivity index (χ0v) is 30.3. The van der Waals surface area contributed by atoms with Gasteiger partial charge in [0.05, 0.1) is 24.2 Å². The van der Waals surface area contributed by atoms with Crippen LogP contribution in [0.3, 0.4) is 0 Å². The number of halogens is 2. The molecule has 0 saturated heterocycles. The fraction of sp³-hybridized carbons (Fsp3) is 0.486. The Morgan fingerprint density at radius 3 is 2.21 bits per heavy atom. The summed E-state index contributed by atoms with van der Waals surface area (Å²) in [4.78, 5) is 5.04. The van der Waals surface area contributed by atoms with Crippen molar-refractivity contribution < 1.29 is 28.6 Å². The van der Waals surface area contributed by atoms with Gasteiger partial charge in [-0.1, -0.05) is 70.3 Å². The number of para-hydroxylation sites is 1. The summed E-state index contributed by atoms with van der Waals surface area (Å²) < 4.78 is 18.1. The van der Waals surface area contributed by atoms with Gasteiger partial charge in [0.15, 0.2) is 0 Å². The van der Waals surface area contributed by atoms with Crippen molar-refractivity contribution in [2.45, 2.75) is 86.8 Å². The van der Waals surface area contributed by atoms with Crippen molar-refractivity contribution in [2.24, 2.45) is 0 Å². The maximum absolute atomic E-state index is 12.9. The van der Waals surface area contributed by atoms with Crippen molar-refractivity contribution in [3.63, 3.8) is 0 Å². The molecule has 0 unspecified atom stereocenters. The second-order valence-corrected chi connectivity index (χ2v) is 15.1. The average Bonchev–Trinajstić information content (AvgIpc) is 3.51. The van der Waals surface area contributed by atoms with Gasteiger partial charge in [-0.2, -0.15) is 28.2 Å². The number of methoxy groups -OCH3 is 1. The molecule has 238 valence electrons. The van der Waals surface area contributed by atoms with Gasteiger partial charge in [0.25, 0.3) is 0 Å². The van der Waals surface area contributed by atoms with Crippen LogP contribution in [0, 0.1) is 6.07 Å². The van der Waals surface area contributed by atoms with Crippen molar-refractivity contribution in [1.29, 1.82) is 0 Å². The molecule has 0 bridgehead atoms. The van der Waals surface area contributed by atoms with Gasteiger partial charge in [-0.15, -0.1) is 5.56 Å². The van der Waals surface area contributed by atoms with Crippen molar-refractivity contribution in [2.75, 3.05) is 37.5 Å². The summed E-state index contributed by atoms with van der Waals surface area (Å²) in [7, 11) is 10.6. The van der Waals surface area contributed by atoms with Gasteiger partial charge in [-0.05, 0) is 73.0 Å². The number of nitrogens with zero attached hydrogens (tertiary/aromatic N) is 2. The molecule has 3 nitrogen and oxygen atoms in total. The molecule has 1 heterocycles. The molecule has 43 heavy (non-hydrogen) atoms. The van der Waals surface area contributed by atoms with Crippen LogP contribution in [0.5, 0.6) is 5.75 Å². The predicted octanol–water partition coefficient (Wildman–Crippen LogP) is 10.4. The maximum atomic E-state index is 12.9. The van der Waals surface area contributed by atoms with Crippen LogP contribution in [0.4, 0.5) is 20.9 Å².